The molecule has 1 atom stereocenters. The Morgan fingerprint density at radius 3 is 2.64 bits per heavy atom. The molecule has 0 spiro atoms. The highest BCUT2D eigenvalue weighted by molar-refractivity contribution is 5.94. The molecule has 2 aromatic rings. The van der Waals surface area contributed by atoms with Crippen LogP contribution >= 0.6 is 0 Å². The number of aromatic nitrogens is 1. The Morgan fingerprint density at radius 1 is 1.20 bits per heavy atom. The van der Waals surface area contributed by atoms with Crippen LogP contribution in [0.25, 0.3) is 0 Å². The molecule has 6 heteroatoms. The Hall–Kier alpha value is -2.31. The van der Waals surface area contributed by atoms with Crippen molar-refractivity contribution in [3.8, 4) is 0 Å². The first-order valence-electron chi connectivity index (χ1n) is 8.47. The van der Waals surface area contributed by atoms with Crippen LogP contribution < -0.4 is 5.32 Å². The Morgan fingerprint density at radius 2 is 1.96 bits per heavy atom. The molecule has 2 heterocycles. The summed E-state index contributed by atoms with van der Waals surface area (Å²) in [5.41, 5.74) is 1.53. The third-order valence-electron chi connectivity index (χ3n) is 4.23. The fourth-order valence-corrected chi connectivity index (χ4v) is 2.93. The predicted molar refractivity (Wildman–Crippen MR) is 92.9 cm³/mol. The van der Waals surface area contributed by atoms with E-state index in [1.54, 1.807) is 0 Å². The molecule has 1 aromatic carbocycles. The van der Waals surface area contributed by atoms with Crippen LogP contribution in [-0.4, -0.2) is 54.7 Å². The average Bonchev–Trinajstić information content (AvgIpc) is 2.64. The first-order chi connectivity index (χ1) is 12.2. The summed E-state index contributed by atoms with van der Waals surface area (Å²) in [6, 6.07) is 12.7. The Labute approximate surface area is 146 Å². The molecule has 1 saturated heterocycles. The maximum Gasteiger partial charge on any atom is 0.253 e. The summed E-state index contributed by atoms with van der Waals surface area (Å²) in [6.45, 7) is 3.90. The molecule has 1 aliphatic heterocycles. The molecule has 0 unspecified atom stereocenters. The van der Waals surface area contributed by atoms with Gasteiger partial charge in [-0.3, -0.25) is 9.69 Å². The lowest BCUT2D eigenvalue weighted by atomic mass is 10.0. The summed E-state index contributed by atoms with van der Waals surface area (Å²) >= 11 is 0. The number of carbonyl (C=O) groups excluding carboxylic acids is 1. The van der Waals surface area contributed by atoms with Crippen molar-refractivity contribution in [2.24, 2.45) is 0 Å². The van der Waals surface area contributed by atoms with Crippen LogP contribution in [0.5, 0.6) is 0 Å². The largest absolute Gasteiger partial charge is 0.379 e. The number of rotatable bonds is 6. The fraction of sp³-hybridized carbons (Fsp3) is 0.368. The van der Waals surface area contributed by atoms with E-state index in [9.17, 15) is 9.18 Å². The van der Waals surface area contributed by atoms with Gasteiger partial charge in [-0.05, 0) is 24.1 Å². The van der Waals surface area contributed by atoms with E-state index in [1.807, 2.05) is 18.2 Å². The van der Waals surface area contributed by atoms with Gasteiger partial charge in [0.15, 0.2) is 0 Å². The van der Waals surface area contributed by atoms with E-state index in [0.717, 1.165) is 26.1 Å². The maximum absolute atomic E-state index is 12.9. The molecule has 1 fully saturated rings. The quantitative estimate of drug-likeness (QED) is 0.814. The number of hydrogen-bond acceptors (Lipinski definition) is 4. The summed E-state index contributed by atoms with van der Waals surface area (Å²) in [5, 5.41) is 3.06. The summed E-state index contributed by atoms with van der Waals surface area (Å²) in [6.07, 6.45) is 2.00. The number of carbonyl (C=O) groups is 1. The molecule has 1 N–H and O–H groups in total. The van der Waals surface area contributed by atoms with Crippen LogP contribution in [-0.2, 0) is 11.2 Å². The summed E-state index contributed by atoms with van der Waals surface area (Å²) in [5.74, 6) is -0.826. The number of pyridine rings is 1. The van der Waals surface area contributed by atoms with Crippen LogP contribution in [0.3, 0.4) is 0 Å². The van der Waals surface area contributed by atoms with Gasteiger partial charge in [-0.2, -0.15) is 4.39 Å². The lowest BCUT2D eigenvalue weighted by Gasteiger charge is -2.31. The van der Waals surface area contributed by atoms with Crippen molar-refractivity contribution in [3.05, 3.63) is 65.7 Å². The van der Waals surface area contributed by atoms with Gasteiger partial charge < -0.3 is 10.1 Å². The number of nitrogens with one attached hydrogen (secondary N) is 1. The minimum absolute atomic E-state index is 0.0435. The lowest BCUT2D eigenvalue weighted by molar-refractivity contribution is 0.0333. The molecule has 5 nitrogen and oxygen atoms in total. The lowest BCUT2D eigenvalue weighted by Crippen LogP contribution is -2.48. The van der Waals surface area contributed by atoms with Crippen LogP contribution in [0.2, 0.25) is 0 Å². The van der Waals surface area contributed by atoms with E-state index in [0.29, 0.717) is 18.8 Å². The van der Waals surface area contributed by atoms with Gasteiger partial charge in [-0.1, -0.05) is 30.3 Å². The Balaban J connectivity index is 1.68. The highest BCUT2D eigenvalue weighted by Gasteiger charge is 2.20. The molecule has 0 saturated carbocycles. The van der Waals surface area contributed by atoms with Gasteiger partial charge in [0.2, 0.25) is 5.95 Å². The second-order valence-electron chi connectivity index (χ2n) is 6.14. The second kappa shape index (κ2) is 8.69. The number of hydrogen-bond donors (Lipinski definition) is 1. The van der Waals surface area contributed by atoms with E-state index < -0.39 is 5.95 Å². The van der Waals surface area contributed by atoms with Gasteiger partial charge in [0, 0.05) is 31.9 Å². The predicted octanol–water partition coefficient (Wildman–Crippen LogP) is 1.89. The molecule has 0 aliphatic carbocycles. The zero-order valence-electron chi connectivity index (χ0n) is 14.0. The fourth-order valence-electron chi connectivity index (χ4n) is 2.93. The minimum Gasteiger partial charge on any atom is -0.379 e. The SMILES string of the molecule is O=C(N[C@@H](Cc1ccccc1)CN1CCOCC1)c1ccc(F)nc1. The van der Waals surface area contributed by atoms with Crippen LogP contribution in [0.1, 0.15) is 15.9 Å². The van der Waals surface area contributed by atoms with Gasteiger partial charge in [-0.25, -0.2) is 4.98 Å². The van der Waals surface area contributed by atoms with Crippen LogP contribution in [0.4, 0.5) is 4.39 Å². The van der Waals surface area contributed by atoms with E-state index in [-0.39, 0.29) is 11.9 Å². The number of amides is 1. The van der Waals surface area contributed by atoms with Crippen molar-refractivity contribution in [2.45, 2.75) is 12.5 Å². The highest BCUT2D eigenvalue weighted by atomic mass is 19.1. The third-order valence-corrected chi connectivity index (χ3v) is 4.23. The van der Waals surface area contributed by atoms with Crippen LogP contribution in [0.15, 0.2) is 48.7 Å². The van der Waals surface area contributed by atoms with Crippen molar-refractivity contribution < 1.29 is 13.9 Å². The van der Waals surface area contributed by atoms with E-state index >= 15 is 0 Å². The van der Waals surface area contributed by atoms with Gasteiger partial charge in [0.1, 0.15) is 0 Å². The standard InChI is InChI=1S/C19H22FN3O2/c20-18-7-6-16(13-21-18)19(24)22-17(12-15-4-2-1-3-5-15)14-23-8-10-25-11-9-23/h1-7,13,17H,8-12,14H2,(H,22,24)/t17-/m0/s1. The minimum atomic E-state index is -0.592. The van der Waals surface area contributed by atoms with Gasteiger partial charge in [-0.15, -0.1) is 0 Å². The number of morpholine rings is 1. The zero-order chi connectivity index (χ0) is 17.5. The summed E-state index contributed by atoms with van der Waals surface area (Å²) in [4.78, 5) is 18.3. The topological polar surface area (TPSA) is 54.5 Å². The number of halogens is 1. The average molecular weight is 343 g/mol. The van der Waals surface area contributed by atoms with Crippen molar-refractivity contribution >= 4 is 5.91 Å². The van der Waals surface area contributed by atoms with Gasteiger partial charge in [0.05, 0.1) is 18.8 Å². The Bertz CT molecular complexity index is 673. The molecule has 1 aliphatic rings. The molecular weight excluding hydrogens is 321 g/mol. The molecule has 0 radical (unpaired) electrons. The molecular formula is C19H22FN3O2. The van der Waals surface area contributed by atoms with Gasteiger partial charge >= 0.3 is 0 Å². The van der Waals surface area contributed by atoms with Crippen molar-refractivity contribution in [2.75, 3.05) is 32.8 Å². The summed E-state index contributed by atoms with van der Waals surface area (Å²) in [7, 11) is 0. The van der Waals surface area contributed by atoms with Crippen molar-refractivity contribution in [1.82, 2.24) is 15.2 Å². The second-order valence-corrected chi connectivity index (χ2v) is 6.14. The molecule has 1 aromatic heterocycles. The number of ether oxygens (including phenoxy) is 1. The third kappa shape index (κ3) is 5.34. The first kappa shape index (κ1) is 17.5. The maximum atomic E-state index is 12.9. The molecule has 3 rings (SSSR count). The monoisotopic (exact) mass is 343 g/mol. The highest BCUT2D eigenvalue weighted by Crippen LogP contribution is 2.08. The molecule has 25 heavy (non-hydrogen) atoms. The van der Waals surface area contributed by atoms with Gasteiger partial charge in [0.25, 0.3) is 5.91 Å². The molecule has 1 amide bonds. The van der Waals surface area contributed by atoms with Crippen molar-refractivity contribution in [3.63, 3.8) is 0 Å². The van der Waals surface area contributed by atoms with Crippen molar-refractivity contribution in [1.29, 1.82) is 0 Å². The smallest absolute Gasteiger partial charge is 0.253 e. The number of nitrogens with zero attached hydrogens (tertiary/aromatic N) is 2. The normalized spacial score (nSPS) is 16.4. The van der Waals surface area contributed by atoms with E-state index in [2.05, 4.69) is 27.3 Å². The van der Waals surface area contributed by atoms with E-state index in [4.69, 9.17) is 4.74 Å². The van der Waals surface area contributed by atoms with Crippen LogP contribution in [0, 0.1) is 5.95 Å². The number of benzene rings is 1. The first-order valence-corrected chi connectivity index (χ1v) is 8.47. The zero-order valence-corrected chi connectivity index (χ0v) is 14.0. The van der Waals surface area contributed by atoms with E-state index in [1.165, 1.54) is 23.9 Å². The Kier molecular flexibility index (Phi) is 6.09. The molecule has 132 valence electrons. The molecule has 0 bridgehead atoms. The summed E-state index contributed by atoms with van der Waals surface area (Å²) < 4.78 is 18.3.